The number of fused-ring (bicyclic) bond motifs is 2. The maximum atomic E-state index is 2.72. The van der Waals surface area contributed by atoms with Crippen LogP contribution in [0.3, 0.4) is 0 Å². The van der Waals surface area contributed by atoms with Crippen LogP contribution in [-0.4, -0.2) is 0 Å². The molecule has 1 aliphatic heterocycles. The van der Waals surface area contributed by atoms with E-state index in [1.807, 2.05) is 0 Å². The first-order chi connectivity index (χ1) is 26.3. The standard InChI is InChI=1S/2C27H35.C2H4.2ClH.Zr/c2*1-10-19-12-23-17(2)11-18(3)25(24(23)13-19)20-14-21(26(4,5)6)16-22(15-20)27(7,8)9;1-2;;;/h2*11-16H,10H2,1-9H3;1-2H2;2*1H;/q;;;;;+2/p-2. The van der Waals surface area contributed by atoms with Crippen molar-refractivity contribution in [2.45, 2.75) is 175 Å². The zero-order chi connectivity index (χ0) is 41.9. The first-order valence-electron chi connectivity index (χ1n) is 22.3. The number of hydrogen-bond acceptors (Lipinski definition) is 0. The molecule has 316 valence electrons. The minimum atomic E-state index is -2.97. The Morgan fingerprint density at radius 2 is 0.729 bits per heavy atom. The second-order valence-electron chi connectivity index (χ2n) is 22.8. The molecule has 59 heavy (non-hydrogen) atoms. The molecule has 2 unspecified atom stereocenters. The molecule has 1 fully saturated rings. The SMILES string of the molecule is CCC1=Cc2c(-c3cc(C(C)(C)C)cc(C(C)(C)C)c3)c(C)cc(C)c2[CH]1[Zr+2]1([CH]2C(CC)=Cc3c(-c4cc(C(C)(C)C)cc(C(C)(C)C)c4)c(C)cc(C)c32)[CH2][CH2]1.[Cl-].[Cl-]. The van der Waals surface area contributed by atoms with Crippen LogP contribution >= 0.6 is 0 Å². The molecule has 1 heterocycles. The smallest absolute Gasteiger partial charge is 1.00 e. The molecule has 0 N–H and O–H groups in total. The van der Waals surface area contributed by atoms with Crippen LogP contribution < -0.4 is 24.8 Å². The van der Waals surface area contributed by atoms with Gasteiger partial charge in [0.25, 0.3) is 0 Å². The van der Waals surface area contributed by atoms with Gasteiger partial charge in [0.1, 0.15) is 0 Å². The zero-order valence-electron chi connectivity index (χ0n) is 40.0. The van der Waals surface area contributed by atoms with Gasteiger partial charge in [-0.15, -0.1) is 0 Å². The second kappa shape index (κ2) is 16.2. The van der Waals surface area contributed by atoms with Gasteiger partial charge in [-0.05, 0) is 0 Å². The van der Waals surface area contributed by atoms with Crippen molar-refractivity contribution in [3.63, 3.8) is 0 Å². The minimum Gasteiger partial charge on any atom is -1.00 e. The van der Waals surface area contributed by atoms with E-state index in [0.29, 0.717) is 7.25 Å². The van der Waals surface area contributed by atoms with Crippen LogP contribution in [0.4, 0.5) is 0 Å². The number of halogens is 2. The molecule has 3 aliphatic rings. The number of aryl methyl sites for hydroxylation is 4. The molecule has 0 nitrogen and oxygen atoms in total. The number of benzene rings is 4. The third kappa shape index (κ3) is 8.39. The summed E-state index contributed by atoms with van der Waals surface area (Å²) in [5.74, 6) is 0. The average molecular weight is 909 g/mol. The monoisotopic (exact) mass is 906 g/mol. The number of rotatable bonds is 6. The predicted octanol–water partition coefficient (Wildman–Crippen LogP) is 10.9. The third-order valence-corrected chi connectivity index (χ3v) is 27.3. The van der Waals surface area contributed by atoms with E-state index in [1.54, 1.807) is 33.4 Å². The summed E-state index contributed by atoms with van der Waals surface area (Å²) in [6.07, 6.45) is 7.72. The molecular formula is C56H74Cl2Zr. The van der Waals surface area contributed by atoms with Crippen molar-refractivity contribution in [2.24, 2.45) is 0 Å². The molecular weight excluding hydrogens is 835 g/mol. The van der Waals surface area contributed by atoms with E-state index >= 15 is 0 Å². The molecule has 2 atom stereocenters. The normalized spacial score (nSPS) is 17.9. The summed E-state index contributed by atoms with van der Waals surface area (Å²) in [4.78, 5) is 0. The van der Waals surface area contributed by atoms with Crippen molar-refractivity contribution in [2.75, 3.05) is 0 Å². The van der Waals surface area contributed by atoms with Crippen molar-refractivity contribution in [3.05, 3.63) is 126 Å². The van der Waals surface area contributed by atoms with Crippen LogP contribution in [0.1, 0.15) is 184 Å². The molecule has 0 spiro atoms. The van der Waals surface area contributed by atoms with E-state index in [9.17, 15) is 0 Å². The van der Waals surface area contributed by atoms with Gasteiger partial charge in [-0.25, -0.2) is 0 Å². The first kappa shape index (κ1) is 47.9. The quantitative estimate of drug-likeness (QED) is 0.181. The van der Waals surface area contributed by atoms with Crippen molar-refractivity contribution in [3.8, 4) is 22.3 Å². The van der Waals surface area contributed by atoms with Crippen molar-refractivity contribution in [1.29, 1.82) is 0 Å². The largest absolute Gasteiger partial charge is 1.00 e. The van der Waals surface area contributed by atoms with Gasteiger partial charge >= 0.3 is 356 Å². The Labute approximate surface area is 377 Å². The van der Waals surface area contributed by atoms with E-state index in [1.165, 1.54) is 75.0 Å². The maximum Gasteiger partial charge on any atom is -1.00 e. The van der Waals surface area contributed by atoms with Crippen LogP contribution in [0.5, 0.6) is 0 Å². The molecule has 2 aliphatic carbocycles. The molecule has 3 heteroatoms. The summed E-state index contributed by atoms with van der Waals surface area (Å²) in [6.45, 7) is 43.1. The third-order valence-electron chi connectivity index (χ3n) is 14.3. The fourth-order valence-corrected chi connectivity index (χ4v) is 29.2. The topological polar surface area (TPSA) is 0 Å². The van der Waals surface area contributed by atoms with E-state index in [4.69, 9.17) is 0 Å². The Morgan fingerprint density at radius 3 is 0.966 bits per heavy atom. The Bertz CT molecular complexity index is 2120. The summed E-state index contributed by atoms with van der Waals surface area (Å²) in [5, 5.41) is 0. The summed E-state index contributed by atoms with van der Waals surface area (Å²) in [6, 6.07) is 20.2. The Hall–Kier alpha value is -2.18. The van der Waals surface area contributed by atoms with Gasteiger partial charge in [-0.2, -0.15) is 0 Å². The van der Waals surface area contributed by atoms with Gasteiger partial charge in [0.2, 0.25) is 0 Å². The van der Waals surface area contributed by atoms with E-state index in [2.05, 4.69) is 185 Å². The van der Waals surface area contributed by atoms with Gasteiger partial charge in [-0.3, -0.25) is 0 Å². The molecule has 0 saturated carbocycles. The van der Waals surface area contributed by atoms with Crippen LogP contribution in [-0.2, 0) is 41.9 Å². The van der Waals surface area contributed by atoms with E-state index in [-0.39, 0.29) is 46.5 Å². The van der Waals surface area contributed by atoms with Crippen molar-refractivity contribution in [1.82, 2.24) is 0 Å². The molecule has 4 aromatic carbocycles. The zero-order valence-corrected chi connectivity index (χ0v) is 44.0. The average Bonchev–Trinajstić information content (AvgIpc) is 3.63. The minimum absolute atomic E-state index is 0. The van der Waals surface area contributed by atoms with Gasteiger partial charge in [-0.1, -0.05) is 0 Å². The summed E-state index contributed by atoms with van der Waals surface area (Å²) < 4.78 is 4.26. The molecule has 1 saturated heterocycles. The second-order valence-corrected chi connectivity index (χ2v) is 34.1. The first-order valence-corrected chi connectivity index (χ1v) is 28.6. The fraction of sp³-hybridized carbons (Fsp3) is 0.500. The van der Waals surface area contributed by atoms with Crippen LogP contribution in [0, 0.1) is 27.7 Å². The summed E-state index contributed by atoms with van der Waals surface area (Å²) in [7, 11) is 0. The van der Waals surface area contributed by atoms with E-state index < -0.39 is 20.3 Å². The Morgan fingerprint density at radius 1 is 0.441 bits per heavy atom. The van der Waals surface area contributed by atoms with Crippen molar-refractivity contribution >= 4 is 12.2 Å². The molecule has 7 rings (SSSR count). The molecule has 4 aromatic rings. The van der Waals surface area contributed by atoms with Crippen LogP contribution in [0.2, 0.25) is 8.26 Å². The van der Waals surface area contributed by atoms with Gasteiger partial charge in [0.05, 0.1) is 0 Å². The molecule has 0 radical (unpaired) electrons. The summed E-state index contributed by atoms with van der Waals surface area (Å²) in [5.41, 5.74) is 27.8. The number of hydrogen-bond donors (Lipinski definition) is 0. The molecule has 0 bridgehead atoms. The maximum absolute atomic E-state index is 2.97. The van der Waals surface area contributed by atoms with Crippen LogP contribution in [0.15, 0.2) is 59.7 Å². The van der Waals surface area contributed by atoms with Gasteiger partial charge < -0.3 is 24.8 Å². The van der Waals surface area contributed by atoms with Crippen molar-refractivity contribution < 1.29 is 45.1 Å². The summed E-state index contributed by atoms with van der Waals surface area (Å²) >= 11 is -2.97. The van der Waals surface area contributed by atoms with Gasteiger partial charge in [0.15, 0.2) is 0 Å². The Kier molecular flexibility index (Phi) is 13.1. The Balaban J connectivity index is 0.00000331. The number of allylic oxidation sites excluding steroid dienone is 2. The van der Waals surface area contributed by atoms with Crippen LogP contribution in [0.25, 0.3) is 34.4 Å². The fourth-order valence-electron chi connectivity index (χ4n) is 10.9. The van der Waals surface area contributed by atoms with E-state index in [0.717, 1.165) is 12.8 Å². The molecule has 0 amide bonds. The molecule has 0 aromatic heterocycles. The predicted molar refractivity (Wildman–Crippen MR) is 249 cm³/mol. The van der Waals surface area contributed by atoms with Gasteiger partial charge in [0, 0.05) is 0 Å².